The Morgan fingerprint density at radius 2 is 2.04 bits per heavy atom. The minimum absolute atomic E-state index is 0.00117. The van der Waals surface area contributed by atoms with E-state index in [1.54, 1.807) is 17.0 Å². The molecule has 0 radical (unpaired) electrons. The zero-order valence-corrected chi connectivity index (χ0v) is 16.7. The van der Waals surface area contributed by atoms with Gasteiger partial charge in [-0.3, -0.25) is 9.59 Å². The number of benzene rings is 2. The maximum Gasteiger partial charge on any atom is 0.229 e. The van der Waals surface area contributed by atoms with Crippen LogP contribution in [0, 0.1) is 12.8 Å². The van der Waals surface area contributed by atoms with E-state index in [0.717, 1.165) is 28.9 Å². The van der Waals surface area contributed by atoms with Crippen molar-refractivity contribution >= 4 is 34.8 Å². The van der Waals surface area contributed by atoms with Crippen molar-refractivity contribution in [1.29, 1.82) is 0 Å². The van der Waals surface area contributed by atoms with Crippen LogP contribution in [-0.4, -0.2) is 18.4 Å². The molecule has 0 spiro atoms. The molecular weight excluding hydrogens is 360 g/mol. The van der Waals surface area contributed by atoms with Crippen LogP contribution in [0.1, 0.15) is 43.7 Å². The molecule has 5 heteroatoms. The second-order valence-electron chi connectivity index (χ2n) is 7.22. The molecule has 4 nitrogen and oxygen atoms in total. The van der Waals surface area contributed by atoms with E-state index in [-0.39, 0.29) is 24.2 Å². The molecule has 1 aliphatic rings. The van der Waals surface area contributed by atoms with Crippen molar-refractivity contribution in [2.75, 3.05) is 16.8 Å². The van der Waals surface area contributed by atoms with E-state index in [9.17, 15) is 9.59 Å². The van der Waals surface area contributed by atoms with Gasteiger partial charge < -0.3 is 10.2 Å². The average Bonchev–Trinajstić information content (AvgIpc) is 3.05. The molecule has 2 aromatic carbocycles. The first kappa shape index (κ1) is 19.4. The standard InChI is InChI=1S/C22H25ClN2O2/c1-4-14(2)18-7-5-6-8-20(18)25-13-16(12-21(25)26)22(27)24-19-10-9-17(23)11-15(19)3/h5-11,14,16H,4,12-13H2,1-3H3,(H,24,27)/t14-,16-/m1/s1. The smallest absolute Gasteiger partial charge is 0.229 e. The molecule has 0 saturated carbocycles. The number of carbonyl (C=O) groups is 2. The highest BCUT2D eigenvalue weighted by Crippen LogP contribution is 2.34. The van der Waals surface area contributed by atoms with Gasteiger partial charge in [0.25, 0.3) is 0 Å². The lowest BCUT2D eigenvalue weighted by molar-refractivity contribution is -0.122. The third kappa shape index (κ3) is 4.16. The molecule has 27 heavy (non-hydrogen) atoms. The number of hydrogen-bond acceptors (Lipinski definition) is 2. The largest absolute Gasteiger partial charge is 0.326 e. The fourth-order valence-corrected chi connectivity index (χ4v) is 3.71. The van der Waals surface area contributed by atoms with E-state index in [1.165, 1.54) is 0 Å². The highest BCUT2D eigenvalue weighted by molar-refractivity contribution is 6.30. The lowest BCUT2D eigenvalue weighted by Gasteiger charge is -2.23. The van der Waals surface area contributed by atoms with Gasteiger partial charge in [0.15, 0.2) is 0 Å². The normalized spacial score (nSPS) is 17.9. The molecule has 1 saturated heterocycles. The Morgan fingerprint density at radius 1 is 1.30 bits per heavy atom. The van der Waals surface area contributed by atoms with Gasteiger partial charge in [0, 0.05) is 29.4 Å². The van der Waals surface area contributed by atoms with Gasteiger partial charge in [-0.25, -0.2) is 0 Å². The summed E-state index contributed by atoms with van der Waals surface area (Å²) >= 11 is 5.97. The Bertz CT molecular complexity index is 865. The Hall–Kier alpha value is -2.33. The Labute approximate surface area is 165 Å². The van der Waals surface area contributed by atoms with Gasteiger partial charge in [0.2, 0.25) is 11.8 Å². The molecule has 2 atom stereocenters. The predicted octanol–water partition coefficient (Wildman–Crippen LogP) is 5.15. The van der Waals surface area contributed by atoms with E-state index in [0.29, 0.717) is 17.5 Å². The van der Waals surface area contributed by atoms with Gasteiger partial charge in [-0.2, -0.15) is 0 Å². The average molecular weight is 385 g/mol. The molecule has 142 valence electrons. The van der Waals surface area contributed by atoms with E-state index in [1.807, 2.05) is 31.2 Å². The number of anilines is 2. The molecule has 0 unspecified atom stereocenters. The summed E-state index contributed by atoms with van der Waals surface area (Å²) in [6.45, 7) is 6.60. The number of aryl methyl sites for hydroxylation is 1. The van der Waals surface area contributed by atoms with Crippen LogP contribution >= 0.6 is 11.6 Å². The van der Waals surface area contributed by atoms with E-state index >= 15 is 0 Å². The molecule has 0 aromatic heterocycles. The van der Waals surface area contributed by atoms with Crippen molar-refractivity contribution in [2.24, 2.45) is 5.92 Å². The summed E-state index contributed by atoms with van der Waals surface area (Å²) in [5.74, 6) is -0.132. The van der Waals surface area contributed by atoms with Gasteiger partial charge in [-0.1, -0.05) is 43.6 Å². The molecule has 1 N–H and O–H groups in total. The van der Waals surface area contributed by atoms with Crippen molar-refractivity contribution in [3.05, 3.63) is 58.6 Å². The number of halogens is 1. The summed E-state index contributed by atoms with van der Waals surface area (Å²) in [7, 11) is 0. The van der Waals surface area contributed by atoms with Gasteiger partial charge in [0.05, 0.1) is 5.92 Å². The van der Waals surface area contributed by atoms with Crippen molar-refractivity contribution in [3.63, 3.8) is 0 Å². The third-order valence-electron chi connectivity index (χ3n) is 5.31. The number of para-hydroxylation sites is 1. The number of rotatable bonds is 5. The SMILES string of the molecule is CC[C@@H](C)c1ccccc1N1C[C@H](C(=O)Nc2ccc(Cl)cc2C)CC1=O. The molecule has 1 heterocycles. The number of nitrogens with zero attached hydrogens (tertiary/aromatic N) is 1. The Morgan fingerprint density at radius 3 is 2.74 bits per heavy atom. The number of amides is 2. The molecular formula is C22H25ClN2O2. The second-order valence-corrected chi connectivity index (χ2v) is 7.66. The first-order chi connectivity index (χ1) is 12.9. The first-order valence-electron chi connectivity index (χ1n) is 9.37. The van der Waals surface area contributed by atoms with E-state index < -0.39 is 0 Å². The molecule has 1 aliphatic heterocycles. The predicted molar refractivity (Wildman–Crippen MR) is 110 cm³/mol. The van der Waals surface area contributed by atoms with Crippen LogP contribution < -0.4 is 10.2 Å². The minimum atomic E-state index is -0.363. The van der Waals surface area contributed by atoms with Gasteiger partial charge in [-0.05, 0) is 54.7 Å². The summed E-state index contributed by atoms with van der Waals surface area (Å²) < 4.78 is 0. The van der Waals surface area contributed by atoms with Crippen LogP contribution in [0.3, 0.4) is 0 Å². The maximum absolute atomic E-state index is 12.7. The maximum atomic E-state index is 12.7. The summed E-state index contributed by atoms with van der Waals surface area (Å²) in [5, 5.41) is 3.58. The van der Waals surface area contributed by atoms with Crippen LogP contribution in [-0.2, 0) is 9.59 Å². The number of carbonyl (C=O) groups excluding carboxylic acids is 2. The molecule has 0 bridgehead atoms. The summed E-state index contributed by atoms with van der Waals surface area (Å²) in [5.41, 5.74) is 3.72. The monoisotopic (exact) mass is 384 g/mol. The van der Waals surface area contributed by atoms with Crippen molar-refractivity contribution in [1.82, 2.24) is 0 Å². The van der Waals surface area contributed by atoms with Crippen LogP contribution in [0.2, 0.25) is 5.02 Å². The number of hydrogen-bond donors (Lipinski definition) is 1. The fourth-order valence-electron chi connectivity index (χ4n) is 3.49. The Kier molecular flexibility index (Phi) is 5.85. The van der Waals surface area contributed by atoms with E-state index in [2.05, 4.69) is 25.2 Å². The highest BCUT2D eigenvalue weighted by Gasteiger charge is 2.36. The molecule has 0 aliphatic carbocycles. The van der Waals surface area contributed by atoms with Crippen molar-refractivity contribution < 1.29 is 9.59 Å². The highest BCUT2D eigenvalue weighted by atomic mass is 35.5. The lowest BCUT2D eigenvalue weighted by atomic mass is 9.96. The van der Waals surface area contributed by atoms with Gasteiger partial charge >= 0.3 is 0 Å². The van der Waals surface area contributed by atoms with Crippen LogP contribution in [0.25, 0.3) is 0 Å². The topological polar surface area (TPSA) is 49.4 Å². The van der Waals surface area contributed by atoms with Gasteiger partial charge in [0.1, 0.15) is 0 Å². The Balaban J connectivity index is 1.77. The molecule has 2 amide bonds. The molecule has 1 fully saturated rings. The van der Waals surface area contributed by atoms with Crippen LogP contribution in [0.15, 0.2) is 42.5 Å². The quantitative estimate of drug-likeness (QED) is 0.774. The van der Waals surface area contributed by atoms with Crippen LogP contribution in [0.4, 0.5) is 11.4 Å². The third-order valence-corrected chi connectivity index (χ3v) is 5.55. The zero-order chi connectivity index (χ0) is 19.6. The first-order valence-corrected chi connectivity index (χ1v) is 9.74. The summed E-state index contributed by atoms with van der Waals surface area (Å²) in [6, 6.07) is 13.3. The summed E-state index contributed by atoms with van der Waals surface area (Å²) in [4.78, 5) is 27.1. The lowest BCUT2D eigenvalue weighted by Crippen LogP contribution is -2.29. The molecule has 2 aromatic rings. The summed E-state index contributed by atoms with van der Waals surface area (Å²) in [6.07, 6.45) is 1.23. The number of nitrogens with one attached hydrogen (secondary N) is 1. The van der Waals surface area contributed by atoms with Crippen molar-refractivity contribution in [3.8, 4) is 0 Å². The second kappa shape index (κ2) is 8.13. The van der Waals surface area contributed by atoms with Gasteiger partial charge in [-0.15, -0.1) is 0 Å². The van der Waals surface area contributed by atoms with E-state index in [4.69, 9.17) is 11.6 Å². The van der Waals surface area contributed by atoms with Crippen molar-refractivity contribution in [2.45, 2.75) is 39.5 Å². The molecule has 3 rings (SSSR count). The fraction of sp³-hybridized carbons (Fsp3) is 0.364. The van der Waals surface area contributed by atoms with Crippen LogP contribution in [0.5, 0.6) is 0 Å². The minimum Gasteiger partial charge on any atom is -0.326 e. The zero-order valence-electron chi connectivity index (χ0n) is 16.0.